The van der Waals surface area contributed by atoms with Gasteiger partial charge in [0.1, 0.15) is 0 Å². The Balaban J connectivity index is 2.37. The Bertz CT molecular complexity index is 511. The average molecular weight is 276 g/mol. The lowest BCUT2D eigenvalue weighted by Gasteiger charge is -2.30. The van der Waals surface area contributed by atoms with Crippen molar-refractivity contribution in [2.45, 2.75) is 37.9 Å². The number of rotatable bonds is 5. The van der Waals surface area contributed by atoms with Gasteiger partial charge in [-0.2, -0.15) is 0 Å². The van der Waals surface area contributed by atoms with Gasteiger partial charge in [-0.15, -0.1) is 0 Å². The fourth-order valence-corrected chi connectivity index (χ4v) is 3.04. The van der Waals surface area contributed by atoms with Crippen molar-refractivity contribution < 1.29 is 9.53 Å². The second kappa shape index (κ2) is 5.19. The van der Waals surface area contributed by atoms with Crippen LogP contribution in [-0.2, 0) is 20.7 Å². The van der Waals surface area contributed by atoms with E-state index in [9.17, 15) is 4.79 Å². The summed E-state index contributed by atoms with van der Waals surface area (Å²) in [5, 5.41) is 0. The Morgan fingerprint density at radius 3 is 2.40 bits per heavy atom. The molecule has 0 aliphatic carbocycles. The summed E-state index contributed by atoms with van der Waals surface area (Å²) in [5.74, 6) is -0.394. The molecule has 1 aromatic carbocycles. The Hall–Kier alpha value is -1.39. The number of nitrogens with zero attached hydrogens (tertiary/aromatic N) is 1. The maximum absolute atomic E-state index is 12.1. The molecule has 1 heterocycles. The van der Waals surface area contributed by atoms with Crippen LogP contribution in [0.5, 0.6) is 0 Å². The summed E-state index contributed by atoms with van der Waals surface area (Å²) in [5.41, 5.74) is 6.22. The monoisotopic (exact) mass is 276 g/mol. The Morgan fingerprint density at radius 1 is 1.25 bits per heavy atom. The third kappa shape index (κ3) is 2.45. The molecule has 0 saturated carbocycles. The van der Waals surface area contributed by atoms with Gasteiger partial charge in [-0.25, -0.2) is 0 Å². The van der Waals surface area contributed by atoms with Crippen molar-refractivity contribution in [3.05, 3.63) is 35.4 Å². The minimum absolute atomic E-state index is 0.394. The molecule has 2 rings (SSSR count). The van der Waals surface area contributed by atoms with E-state index in [1.807, 2.05) is 52.2 Å². The molecule has 1 aliphatic heterocycles. The van der Waals surface area contributed by atoms with E-state index in [2.05, 4.69) is 4.90 Å². The van der Waals surface area contributed by atoms with Crippen LogP contribution in [0.3, 0.4) is 0 Å². The van der Waals surface area contributed by atoms with Gasteiger partial charge in [-0.3, -0.25) is 4.79 Å². The Kier molecular flexibility index (Phi) is 3.89. The van der Waals surface area contributed by atoms with Crippen molar-refractivity contribution >= 4 is 5.91 Å². The summed E-state index contributed by atoms with van der Waals surface area (Å²) in [6.45, 7) is 4.88. The van der Waals surface area contributed by atoms with Gasteiger partial charge in [0.15, 0.2) is 5.60 Å². The predicted octanol–water partition coefficient (Wildman–Crippen LogP) is 1.97. The summed E-state index contributed by atoms with van der Waals surface area (Å²) in [6, 6.07) is 7.89. The van der Waals surface area contributed by atoms with Crippen molar-refractivity contribution in [3.63, 3.8) is 0 Å². The number of nitrogens with two attached hydrogens (primary N) is 1. The molecule has 1 unspecified atom stereocenters. The summed E-state index contributed by atoms with van der Waals surface area (Å²) >= 11 is 0. The van der Waals surface area contributed by atoms with E-state index in [4.69, 9.17) is 10.5 Å². The van der Waals surface area contributed by atoms with Gasteiger partial charge >= 0.3 is 0 Å². The normalized spacial score (nSPS) is 23.9. The van der Waals surface area contributed by atoms with Gasteiger partial charge < -0.3 is 15.4 Å². The number of amides is 1. The first-order valence-electron chi connectivity index (χ1n) is 7.04. The van der Waals surface area contributed by atoms with Crippen molar-refractivity contribution in [3.8, 4) is 0 Å². The SMILES string of the molecule is CN(C)CCCC1(C(N)=O)OC(C)(C)c2ccccc21. The quantitative estimate of drug-likeness (QED) is 0.894. The molecule has 0 spiro atoms. The van der Waals surface area contributed by atoms with Gasteiger partial charge in [0.05, 0.1) is 5.60 Å². The molecule has 4 heteroatoms. The first-order valence-corrected chi connectivity index (χ1v) is 7.04. The molecule has 0 aromatic heterocycles. The zero-order valence-electron chi connectivity index (χ0n) is 12.8. The van der Waals surface area contributed by atoms with Crippen LogP contribution in [0.4, 0.5) is 0 Å². The Morgan fingerprint density at radius 2 is 1.85 bits per heavy atom. The minimum Gasteiger partial charge on any atom is -0.367 e. The average Bonchev–Trinajstić information content (AvgIpc) is 2.59. The lowest BCUT2D eigenvalue weighted by molar-refractivity contribution is -0.164. The van der Waals surface area contributed by atoms with Crippen LogP contribution in [-0.4, -0.2) is 31.4 Å². The number of hydrogen-bond acceptors (Lipinski definition) is 3. The Labute approximate surface area is 120 Å². The molecule has 1 aromatic rings. The molecule has 1 atom stereocenters. The molecule has 2 N–H and O–H groups in total. The molecule has 4 nitrogen and oxygen atoms in total. The van der Waals surface area contributed by atoms with Crippen LogP contribution in [0.2, 0.25) is 0 Å². The number of fused-ring (bicyclic) bond motifs is 1. The number of carbonyl (C=O) groups is 1. The van der Waals surface area contributed by atoms with Crippen LogP contribution < -0.4 is 5.73 Å². The highest BCUT2D eigenvalue weighted by molar-refractivity contribution is 5.86. The predicted molar refractivity (Wildman–Crippen MR) is 79.2 cm³/mol. The lowest BCUT2D eigenvalue weighted by atomic mass is 9.85. The fraction of sp³-hybridized carbons (Fsp3) is 0.562. The van der Waals surface area contributed by atoms with E-state index < -0.39 is 17.1 Å². The van der Waals surface area contributed by atoms with E-state index in [0.29, 0.717) is 6.42 Å². The third-order valence-electron chi connectivity index (χ3n) is 3.97. The van der Waals surface area contributed by atoms with Crippen molar-refractivity contribution in [1.82, 2.24) is 4.90 Å². The second-order valence-corrected chi connectivity index (χ2v) is 6.26. The molecule has 1 amide bonds. The first kappa shape index (κ1) is 15.0. The van der Waals surface area contributed by atoms with Gasteiger partial charge in [0, 0.05) is 0 Å². The molecule has 20 heavy (non-hydrogen) atoms. The largest absolute Gasteiger partial charge is 0.367 e. The molecule has 110 valence electrons. The number of benzene rings is 1. The maximum Gasteiger partial charge on any atom is 0.254 e. The van der Waals surface area contributed by atoms with Crippen molar-refractivity contribution in [2.75, 3.05) is 20.6 Å². The van der Waals surface area contributed by atoms with Crippen LogP contribution in [0.15, 0.2) is 24.3 Å². The number of primary amides is 1. The first-order chi connectivity index (χ1) is 9.29. The van der Waals surface area contributed by atoms with Crippen LogP contribution in [0.1, 0.15) is 37.8 Å². The van der Waals surface area contributed by atoms with Gasteiger partial charge in [0.2, 0.25) is 0 Å². The van der Waals surface area contributed by atoms with E-state index in [0.717, 1.165) is 24.1 Å². The maximum atomic E-state index is 12.1. The highest BCUT2D eigenvalue weighted by Crippen LogP contribution is 2.49. The van der Waals surface area contributed by atoms with Gasteiger partial charge in [0.25, 0.3) is 5.91 Å². The summed E-state index contributed by atoms with van der Waals surface area (Å²) in [7, 11) is 4.04. The van der Waals surface area contributed by atoms with E-state index in [1.54, 1.807) is 0 Å². The molecule has 0 bridgehead atoms. The highest BCUT2D eigenvalue weighted by atomic mass is 16.5. The summed E-state index contributed by atoms with van der Waals surface area (Å²) in [6.07, 6.45) is 1.47. The van der Waals surface area contributed by atoms with E-state index in [-0.39, 0.29) is 0 Å². The number of ether oxygens (including phenoxy) is 1. The van der Waals surface area contributed by atoms with Crippen molar-refractivity contribution in [2.24, 2.45) is 5.73 Å². The smallest absolute Gasteiger partial charge is 0.254 e. The fourth-order valence-electron chi connectivity index (χ4n) is 3.04. The minimum atomic E-state index is -0.990. The van der Waals surface area contributed by atoms with E-state index >= 15 is 0 Å². The van der Waals surface area contributed by atoms with E-state index in [1.165, 1.54) is 0 Å². The summed E-state index contributed by atoms with van der Waals surface area (Å²) < 4.78 is 6.16. The lowest BCUT2D eigenvalue weighted by Crippen LogP contribution is -2.43. The zero-order valence-corrected chi connectivity index (χ0v) is 12.8. The standard InChI is InChI=1S/C16H24N2O2/c1-15(2)12-8-5-6-9-13(12)16(20-15,14(17)19)10-7-11-18(3)4/h5-6,8-9H,7,10-11H2,1-4H3,(H2,17,19). The second-order valence-electron chi connectivity index (χ2n) is 6.26. The molecular weight excluding hydrogens is 252 g/mol. The zero-order chi connectivity index (χ0) is 15.0. The number of carbonyl (C=O) groups excluding carboxylic acids is 1. The van der Waals surface area contributed by atoms with Gasteiger partial charge in [-0.1, -0.05) is 24.3 Å². The van der Waals surface area contributed by atoms with Crippen LogP contribution in [0, 0.1) is 0 Å². The molecular formula is C16H24N2O2. The molecule has 0 saturated heterocycles. The topological polar surface area (TPSA) is 55.6 Å². The van der Waals surface area contributed by atoms with Crippen molar-refractivity contribution in [1.29, 1.82) is 0 Å². The van der Waals surface area contributed by atoms with Gasteiger partial charge in [-0.05, 0) is 58.5 Å². The highest BCUT2D eigenvalue weighted by Gasteiger charge is 2.52. The molecule has 1 aliphatic rings. The number of hydrogen-bond donors (Lipinski definition) is 1. The molecule has 0 fully saturated rings. The van der Waals surface area contributed by atoms with Crippen LogP contribution >= 0.6 is 0 Å². The molecule has 0 radical (unpaired) electrons. The third-order valence-corrected chi connectivity index (χ3v) is 3.97. The summed E-state index contributed by atoms with van der Waals surface area (Å²) in [4.78, 5) is 14.2. The van der Waals surface area contributed by atoms with Crippen LogP contribution in [0.25, 0.3) is 0 Å².